The molecule has 1 amide bonds. The molecular weight excluding hydrogens is 246 g/mol. The van der Waals surface area contributed by atoms with Crippen LogP contribution in [-0.4, -0.2) is 35.1 Å². The predicted octanol–water partition coefficient (Wildman–Crippen LogP) is 0.708. The molecule has 1 aromatic heterocycles. The highest BCUT2D eigenvalue weighted by Gasteiger charge is 2.30. The Labute approximate surface area is 111 Å². The fourth-order valence-electron chi connectivity index (χ4n) is 2.50. The number of rotatable bonds is 3. The van der Waals surface area contributed by atoms with Crippen LogP contribution in [0.5, 0.6) is 0 Å². The number of aryl methyl sites for hydroxylation is 2. The number of carbonyl (C=O) groups is 2. The van der Waals surface area contributed by atoms with Gasteiger partial charge in [0.2, 0.25) is 5.91 Å². The lowest BCUT2D eigenvalue weighted by molar-refractivity contribution is -0.121. The molecule has 0 radical (unpaired) electrons. The van der Waals surface area contributed by atoms with E-state index in [-0.39, 0.29) is 17.4 Å². The summed E-state index contributed by atoms with van der Waals surface area (Å²) in [5, 5.41) is 9.31. The van der Waals surface area contributed by atoms with Crippen molar-refractivity contribution in [2.45, 2.75) is 20.3 Å². The minimum absolute atomic E-state index is 0.204. The van der Waals surface area contributed by atoms with Gasteiger partial charge in [-0.2, -0.15) is 0 Å². The molecule has 102 valence electrons. The Kier molecular flexibility index (Phi) is 3.42. The highest BCUT2D eigenvalue weighted by molar-refractivity contribution is 5.95. The van der Waals surface area contributed by atoms with E-state index < -0.39 is 5.97 Å². The zero-order valence-electron chi connectivity index (χ0n) is 11.0. The Morgan fingerprint density at radius 1 is 1.47 bits per heavy atom. The molecular formula is C13H17N3O3. The van der Waals surface area contributed by atoms with Crippen LogP contribution in [-0.2, 0) is 4.79 Å². The van der Waals surface area contributed by atoms with Crippen LogP contribution in [0.1, 0.15) is 28.0 Å². The first-order valence-electron chi connectivity index (χ1n) is 6.16. The smallest absolute Gasteiger partial charge is 0.339 e. The third-order valence-electron chi connectivity index (χ3n) is 3.43. The average Bonchev–Trinajstić information content (AvgIpc) is 2.76. The van der Waals surface area contributed by atoms with Gasteiger partial charge in [-0.1, -0.05) is 0 Å². The topological polar surface area (TPSA) is 96.5 Å². The lowest BCUT2D eigenvalue weighted by atomic mass is 10.1. The molecule has 6 heteroatoms. The maximum atomic E-state index is 11.4. The van der Waals surface area contributed by atoms with Crippen LogP contribution in [0.2, 0.25) is 0 Å². The van der Waals surface area contributed by atoms with Gasteiger partial charge in [0.1, 0.15) is 11.4 Å². The molecule has 0 aromatic carbocycles. The van der Waals surface area contributed by atoms with Gasteiger partial charge in [0.25, 0.3) is 0 Å². The maximum absolute atomic E-state index is 11.4. The summed E-state index contributed by atoms with van der Waals surface area (Å²) in [6.07, 6.45) is 0.642. The number of anilines is 1. The highest BCUT2D eigenvalue weighted by Crippen LogP contribution is 2.27. The summed E-state index contributed by atoms with van der Waals surface area (Å²) in [5.41, 5.74) is 6.94. The SMILES string of the molecule is Cc1cc(C)c(C(=O)O)c(N2CCC(C(N)=O)C2)n1. The van der Waals surface area contributed by atoms with Gasteiger partial charge < -0.3 is 15.7 Å². The minimum Gasteiger partial charge on any atom is -0.478 e. The van der Waals surface area contributed by atoms with Gasteiger partial charge in [0.05, 0.1) is 5.92 Å². The van der Waals surface area contributed by atoms with Gasteiger partial charge in [0.15, 0.2) is 0 Å². The van der Waals surface area contributed by atoms with Gasteiger partial charge in [-0.25, -0.2) is 9.78 Å². The van der Waals surface area contributed by atoms with E-state index in [1.165, 1.54) is 0 Å². The Balaban J connectivity index is 2.40. The number of aromatic carboxylic acids is 1. The van der Waals surface area contributed by atoms with Crippen molar-refractivity contribution in [3.63, 3.8) is 0 Å². The maximum Gasteiger partial charge on any atom is 0.339 e. The van der Waals surface area contributed by atoms with Crippen LogP contribution < -0.4 is 10.6 Å². The van der Waals surface area contributed by atoms with Gasteiger partial charge in [-0.15, -0.1) is 0 Å². The number of nitrogens with two attached hydrogens (primary N) is 1. The normalized spacial score (nSPS) is 18.6. The number of carbonyl (C=O) groups excluding carboxylic acids is 1. The van der Waals surface area contributed by atoms with E-state index in [2.05, 4.69) is 4.98 Å². The Morgan fingerprint density at radius 2 is 2.16 bits per heavy atom. The zero-order valence-corrected chi connectivity index (χ0v) is 11.0. The van der Waals surface area contributed by atoms with Gasteiger partial charge in [-0.05, 0) is 31.9 Å². The van der Waals surface area contributed by atoms with Crippen molar-refractivity contribution in [1.29, 1.82) is 0 Å². The minimum atomic E-state index is -0.998. The van der Waals surface area contributed by atoms with Crippen LogP contribution in [0.3, 0.4) is 0 Å². The standard InChI is InChI=1S/C13H17N3O3/c1-7-5-8(2)15-12(10(7)13(18)19)16-4-3-9(6-16)11(14)17/h5,9H,3-4,6H2,1-2H3,(H2,14,17)(H,18,19). The lowest BCUT2D eigenvalue weighted by Crippen LogP contribution is -2.29. The second-order valence-corrected chi connectivity index (χ2v) is 4.92. The quantitative estimate of drug-likeness (QED) is 0.837. The van der Waals surface area contributed by atoms with Crippen LogP contribution in [0.15, 0.2) is 6.07 Å². The monoisotopic (exact) mass is 263 g/mol. The first kappa shape index (κ1) is 13.3. The van der Waals surface area contributed by atoms with Crippen molar-refractivity contribution in [2.75, 3.05) is 18.0 Å². The third kappa shape index (κ3) is 2.52. The molecule has 6 nitrogen and oxygen atoms in total. The molecule has 0 aliphatic carbocycles. The summed E-state index contributed by atoms with van der Waals surface area (Å²) >= 11 is 0. The molecule has 19 heavy (non-hydrogen) atoms. The molecule has 1 fully saturated rings. The van der Waals surface area contributed by atoms with E-state index in [1.54, 1.807) is 13.0 Å². The van der Waals surface area contributed by atoms with Crippen LogP contribution in [0.4, 0.5) is 5.82 Å². The average molecular weight is 263 g/mol. The molecule has 0 bridgehead atoms. The molecule has 1 saturated heterocycles. The molecule has 2 heterocycles. The van der Waals surface area contributed by atoms with E-state index in [1.807, 2.05) is 11.8 Å². The molecule has 1 atom stereocenters. The van der Waals surface area contributed by atoms with Crippen molar-refractivity contribution in [3.8, 4) is 0 Å². The summed E-state index contributed by atoms with van der Waals surface area (Å²) in [7, 11) is 0. The number of pyridine rings is 1. The van der Waals surface area contributed by atoms with E-state index in [4.69, 9.17) is 5.73 Å². The number of primary amides is 1. The molecule has 1 aliphatic rings. The lowest BCUT2D eigenvalue weighted by Gasteiger charge is -2.20. The molecule has 1 unspecified atom stereocenters. The number of hydrogen-bond donors (Lipinski definition) is 2. The second-order valence-electron chi connectivity index (χ2n) is 4.92. The van der Waals surface area contributed by atoms with Crippen molar-refractivity contribution in [1.82, 2.24) is 4.98 Å². The van der Waals surface area contributed by atoms with Crippen molar-refractivity contribution < 1.29 is 14.7 Å². The molecule has 1 aromatic rings. The molecule has 3 N–H and O–H groups in total. The first-order chi connectivity index (χ1) is 8.90. The molecule has 0 saturated carbocycles. The number of carboxylic acid groups (broad SMARTS) is 1. The van der Waals surface area contributed by atoms with Gasteiger partial charge in [0, 0.05) is 18.8 Å². The zero-order chi connectivity index (χ0) is 14.2. The number of amides is 1. The Hall–Kier alpha value is -2.11. The number of hydrogen-bond acceptors (Lipinski definition) is 4. The first-order valence-corrected chi connectivity index (χ1v) is 6.16. The Morgan fingerprint density at radius 3 is 2.68 bits per heavy atom. The van der Waals surface area contributed by atoms with Crippen LogP contribution >= 0.6 is 0 Å². The van der Waals surface area contributed by atoms with Gasteiger partial charge >= 0.3 is 5.97 Å². The van der Waals surface area contributed by atoms with Gasteiger partial charge in [-0.3, -0.25) is 4.79 Å². The fraction of sp³-hybridized carbons (Fsp3) is 0.462. The number of aromatic nitrogens is 1. The summed E-state index contributed by atoms with van der Waals surface area (Å²) in [6, 6.07) is 1.74. The van der Waals surface area contributed by atoms with Crippen LogP contribution in [0, 0.1) is 19.8 Å². The number of carboxylic acids is 1. The predicted molar refractivity (Wildman–Crippen MR) is 70.2 cm³/mol. The summed E-state index contributed by atoms with van der Waals surface area (Å²) in [4.78, 5) is 28.7. The molecule has 1 aliphatic heterocycles. The summed E-state index contributed by atoms with van der Waals surface area (Å²) < 4.78 is 0. The fourth-order valence-corrected chi connectivity index (χ4v) is 2.50. The van der Waals surface area contributed by atoms with Crippen molar-refractivity contribution in [2.24, 2.45) is 11.7 Å². The second kappa shape index (κ2) is 4.87. The van der Waals surface area contributed by atoms with E-state index in [0.717, 1.165) is 5.69 Å². The van der Waals surface area contributed by atoms with E-state index in [0.29, 0.717) is 30.9 Å². The summed E-state index contributed by atoms with van der Waals surface area (Å²) in [5.74, 6) is -1.13. The highest BCUT2D eigenvalue weighted by atomic mass is 16.4. The van der Waals surface area contributed by atoms with Crippen molar-refractivity contribution >= 4 is 17.7 Å². The summed E-state index contributed by atoms with van der Waals surface area (Å²) in [6.45, 7) is 4.61. The van der Waals surface area contributed by atoms with E-state index >= 15 is 0 Å². The largest absolute Gasteiger partial charge is 0.478 e. The number of nitrogens with zero attached hydrogens (tertiary/aromatic N) is 2. The third-order valence-corrected chi connectivity index (χ3v) is 3.43. The molecule has 2 rings (SSSR count). The van der Waals surface area contributed by atoms with Crippen molar-refractivity contribution in [3.05, 3.63) is 22.9 Å². The van der Waals surface area contributed by atoms with Crippen LogP contribution in [0.25, 0.3) is 0 Å². The van der Waals surface area contributed by atoms with E-state index in [9.17, 15) is 14.7 Å². The molecule has 0 spiro atoms. The Bertz CT molecular complexity index is 542.